The molecular formula is C20H26O5S. The van der Waals surface area contributed by atoms with Crippen molar-refractivity contribution in [3.63, 3.8) is 0 Å². The molecule has 0 heterocycles. The molecular weight excluding hydrogens is 352 g/mol. The quantitative estimate of drug-likeness (QED) is 0.562. The monoisotopic (exact) mass is 378 g/mol. The molecule has 2 aromatic rings. The van der Waals surface area contributed by atoms with Crippen molar-refractivity contribution >= 4 is 11.1 Å². The maximum atomic E-state index is 11.9. The van der Waals surface area contributed by atoms with Crippen LogP contribution in [0.2, 0.25) is 0 Å². The first-order valence-corrected chi connectivity index (χ1v) is 9.42. The van der Waals surface area contributed by atoms with Crippen molar-refractivity contribution in [1.29, 1.82) is 0 Å². The number of ether oxygens (including phenoxy) is 2. The van der Waals surface area contributed by atoms with Crippen molar-refractivity contribution in [2.24, 2.45) is 0 Å². The number of benzene rings is 2. The fourth-order valence-corrected chi connectivity index (χ4v) is 3.30. The van der Waals surface area contributed by atoms with Gasteiger partial charge in [0, 0.05) is 12.7 Å². The van der Waals surface area contributed by atoms with Crippen molar-refractivity contribution in [3.05, 3.63) is 58.1 Å². The lowest BCUT2D eigenvalue weighted by Gasteiger charge is -2.24. The first-order chi connectivity index (χ1) is 12.2. The normalized spacial score (nSPS) is 12.8. The third kappa shape index (κ3) is 4.44. The number of hydrogen-bond donors (Lipinski definition) is 2. The minimum absolute atomic E-state index is 0.0661. The van der Waals surface area contributed by atoms with Crippen LogP contribution in [0.1, 0.15) is 41.7 Å². The summed E-state index contributed by atoms with van der Waals surface area (Å²) in [6.07, 6.45) is 0.656. The van der Waals surface area contributed by atoms with Crippen LogP contribution in [-0.4, -0.2) is 27.8 Å². The predicted molar refractivity (Wildman–Crippen MR) is 103 cm³/mol. The molecule has 26 heavy (non-hydrogen) atoms. The summed E-state index contributed by atoms with van der Waals surface area (Å²) in [4.78, 5) is 0. The molecule has 5 nitrogen and oxygen atoms in total. The smallest absolute Gasteiger partial charge is 0.188 e. The molecule has 2 rings (SSSR count). The van der Waals surface area contributed by atoms with Gasteiger partial charge in [-0.15, -0.1) is 0 Å². The van der Waals surface area contributed by atoms with Gasteiger partial charge >= 0.3 is 0 Å². The van der Waals surface area contributed by atoms with Crippen LogP contribution in [0.5, 0.6) is 11.5 Å². The first kappa shape index (κ1) is 20.4. The summed E-state index contributed by atoms with van der Waals surface area (Å²) >= 11 is -2.06. The second-order valence-corrected chi connectivity index (χ2v) is 8.39. The SMILES string of the molecule is COCOc1ccc(Cc2c(C)cc(O)cc2C)cc1C(C)(C)S(=O)O. The minimum atomic E-state index is -2.06. The van der Waals surface area contributed by atoms with Gasteiger partial charge in [0.25, 0.3) is 0 Å². The Bertz CT molecular complexity index is 791. The molecule has 142 valence electrons. The molecule has 0 saturated heterocycles. The summed E-state index contributed by atoms with van der Waals surface area (Å²) in [6.45, 7) is 7.41. The Morgan fingerprint density at radius 1 is 1.12 bits per heavy atom. The van der Waals surface area contributed by atoms with Crippen molar-refractivity contribution in [2.75, 3.05) is 13.9 Å². The average Bonchev–Trinajstić information content (AvgIpc) is 2.56. The highest BCUT2D eigenvalue weighted by molar-refractivity contribution is 7.80. The van der Waals surface area contributed by atoms with E-state index in [1.54, 1.807) is 26.0 Å². The van der Waals surface area contributed by atoms with E-state index in [-0.39, 0.29) is 12.5 Å². The summed E-state index contributed by atoms with van der Waals surface area (Å²) in [5, 5.41) is 9.73. The largest absolute Gasteiger partial charge is 0.508 e. The van der Waals surface area contributed by atoms with Crippen LogP contribution in [0.25, 0.3) is 0 Å². The van der Waals surface area contributed by atoms with E-state index in [0.29, 0.717) is 17.7 Å². The van der Waals surface area contributed by atoms with Crippen molar-refractivity contribution < 1.29 is 23.3 Å². The van der Waals surface area contributed by atoms with Gasteiger partial charge in [0.05, 0.1) is 4.75 Å². The van der Waals surface area contributed by atoms with E-state index in [1.165, 1.54) is 7.11 Å². The highest BCUT2D eigenvalue weighted by Gasteiger charge is 2.31. The maximum Gasteiger partial charge on any atom is 0.188 e. The summed E-state index contributed by atoms with van der Waals surface area (Å²) in [6, 6.07) is 9.14. The molecule has 0 aliphatic heterocycles. The Morgan fingerprint density at radius 2 is 1.73 bits per heavy atom. The zero-order valence-corrected chi connectivity index (χ0v) is 16.6. The molecule has 1 unspecified atom stereocenters. The third-order valence-corrected chi connectivity index (χ3v) is 5.62. The zero-order valence-electron chi connectivity index (χ0n) is 15.8. The standard InChI is InChI=1S/C20H26O5S/c1-13-8-16(21)9-14(2)17(13)10-15-6-7-19(25-12-24-5)18(11-15)20(3,4)26(22)23/h6-9,11,21H,10,12H2,1-5H3,(H,22,23). The van der Waals surface area contributed by atoms with Gasteiger partial charge in [0.2, 0.25) is 0 Å². The molecule has 6 heteroatoms. The van der Waals surface area contributed by atoms with Gasteiger partial charge < -0.3 is 19.1 Å². The summed E-state index contributed by atoms with van der Waals surface area (Å²) in [7, 11) is 1.53. The molecule has 0 fully saturated rings. The van der Waals surface area contributed by atoms with E-state index in [1.807, 2.05) is 32.0 Å². The molecule has 2 N–H and O–H groups in total. The van der Waals surface area contributed by atoms with Gasteiger partial charge in [-0.25, -0.2) is 4.21 Å². The van der Waals surface area contributed by atoms with Crippen molar-refractivity contribution in [1.82, 2.24) is 0 Å². The average molecular weight is 378 g/mol. The number of aromatic hydroxyl groups is 1. The Kier molecular flexibility index (Phi) is 6.44. The number of rotatable bonds is 7. The number of phenols is 1. The predicted octanol–water partition coefficient (Wildman–Crippen LogP) is 4.04. The number of phenolic OH excluding ortho intramolecular Hbond substituents is 1. The van der Waals surface area contributed by atoms with E-state index in [0.717, 1.165) is 22.3 Å². The molecule has 0 aliphatic rings. The van der Waals surface area contributed by atoms with E-state index in [2.05, 4.69) is 0 Å². The fraction of sp³-hybridized carbons (Fsp3) is 0.400. The fourth-order valence-electron chi connectivity index (χ4n) is 2.95. The van der Waals surface area contributed by atoms with Crippen molar-refractivity contribution in [2.45, 2.75) is 38.9 Å². The van der Waals surface area contributed by atoms with E-state index in [4.69, 9.17) is 9.47 Å². The molecule has 0 spiro atoms. The van der Waals surface area contributed by atoms with Gasteiger partial charge in [-0.3, -0.25) is 0 Å². The van der Waals surface area contributed by atoms with Crippen LogP contribution in [-0.2, 0) is 27.0 Å². The van der Waals surface area contributed by atoms with Crippen LogP contribution < -0.4 is 4.74 Å². The molecule has 0 bridgehead atoms. The second-order valence-electron chi connectivity index (χ2n) is 6.88. The van der Waals surface area contributed by atoms with Gasteiger partial charge in [-0.2, -0.15) is 0 Å². The van der Waals surface area contributed by atoms with E-state index >= 15 is 0 Å². The third-order valence-electron chi connectivity index (χ3n) is 4.52. The number of hydrogen-bond acceptors (Lipinski definition) is 4. The Morgan fingerprint density at radius 3 is 2.27 bits per heavy atom. The highest BCUT2D eigenvalue weighted by Crippen LogP contribution is 2.35. The summed E-state index contributed by atoms with van der Waals surface area (Å²) in [5.41, 5.74) is 4.80. The van der Waals surface area contributed by atoms with Gasteiger partial charge in [0.1, 0.15) is 11.5 Å². The van der Waals surface area contributed by atoms with Crippen LogP contribution in [0.15, 0.2) is 30.3 Å². The molecule has 0 aliphatic carbocycles. The lowest BCUT2D eigenvalue weighted by molar-refractivity contribution is 0.0501. The highest BCUT2D eigenvalue weighted by atomic mass is 32.2. The topological polar surface area (TPSA) is 76.0 Å². The lowest BCUT2D eigenvalue weighted by Crippen LogP contribution is -2.24. The first-order valence-electron chi connectivity index (χ1n) is 8.32. The molecule has 0 aromatic heterocycles. The Labute approximate surface area is 157 Å². The second kappa shape index (κ2) is 8.20. The van der Waals surface area contributed by atoms with Gasteiger partial charge in [-0.1, -0.05) is 12.1 Å². The number of aryl methyl sites for hydroxylation is 2. The maximum absolute atomic E-state index is 11.9. The van der Waals surface area contributed by atoms with Crippen molar-refractivity contribution in [3.8, 4) is 11.5 Å². The van der Waals surface area contributed by atoms with E-state index < -0.39 is 15.8 Å². The Balaban J connectivity index is 2.47. The van der Waals surface area contributed by atoms with Crippen LogP contribution in [0, 0.1) is 13.8 Å². The van der Waals surface area contributed by atoms with Crippen LogP contribution in [0.4, 0.5) is 0 Å². The van der Waals surface area contributed by atoms with Crippen LogP contribution in [0.3, 0.4) is 0 Å². The molecule has 0 radical (unpaired) electrons. The van der Waals surface area contributed by atoms with E-state index in [9.17, 15) is 13.9 Å². The summed E-state index contributed by atoms with van der Waals surface area (Å²) in [5.74, 6) is 0.784. The number of methoxy groups -OCH3 is 1. The molecule has 0 amide bonds. The summed E-state index contributed by atoms with van der Waals surface area (Å²) < 4.78 is 31.2. The van der Waals surface area contributed by atoms with Crippen LogP contribution >= 0.6 is 0 Å². The molecule has 2 aromatic carbocycles. The minimum Gasteiger partial charge on any atom is -0.508 e. The molecule has 0 saturated carbocycles. The zero-order chi connectivity index (χ0) is 19.5. The molecule has 1 atom stereocenters. The Hall–Kier alpha value is -1.89. The van der Waals surface area contributed by atoms with Gasteiger partial charge in [0.15, 0.2) is 17.9 Å². The van der Waals surface area contributed by atoms with Gasteiger partial charge in [-0.05, 0) is 74.6 Å². The lowest BCUT2D eigenvalue weighted by atomic mass is 9.92.